The maximum absolute atomic E-state index is 13.9. The van der Waals surface area contributed by atoms with Gasteiger partial charge in [-0.1, -0.05) is 26.7 Å². The summed E-state index contributed by atoms with van der Waals surface area (Å²) in [6.45, 7) is 3.91. The number of nitrogens with zero attached hydrogens (tertiary/aromatic N) is 3. The van der Waals surface area contributed by atoms with E-state index in [-0.39, 0.29) is 36.1 Å². The summed E-state index contributed by atoms with van der Waals surface area (Å²) >= 11 is 0. The van der Waals surface area contributed by atoms with Gasteiger partial charge in [0.1, 0.15) is 24.0 Å². The molecule has 0 radical (unpaired) electrons. The third-order valence-electron chi connectivity index (χ3n) is 5.85. The van der Waals surface area contributed by atoms with Crippen molar-refractivity contribution in [1.82, 2.24) is 15.2 Å². The highest BCUT2D eigenvalue weighted by atomic mass is 19.1. The summed E-state index contributed by atoms with van der Waals surface area (Å²) in [5.74, 6) is -1.23. The van der Waals surface area contributed by atoms with Crippen molar-refractivity contribution < 1.29 is 18.4 Å². The number of hydrogen-bond acceptors (Lipinski definition) is 5. The van der Waals surface area contributed by atoms with Crippen LogP contribution in [0, 0.1) is 17.6 Å². The van der Waals surface area contributed by atoms with Crippen LogP contribution in [0.25, 0.3) is 0 Å². The number of carbonyl (C=O) groups excluding carboxylic acids is 2. The molecule has 3 unspecified atom stereocenters. The van der Waals surface area contributed by atoms with Crippen LogP contribution in [-0.4, -0.2) is 52.2 Å². The van der Waals surface area contributed by atoms with Crippen molar-refractivity contribution in [2.75, 3.05) is 11.9 Å². The molecule has 2 aliphatic heterocycles. The van der Waals surface area contributed by atoms with Gasteiger partial charge in [0.15, 0.2) is 6.17 Å². The van der Waals surface area contributed by atoms with Gasteiger partial charge in [0, 0.05) is 12.0 Å². The van der Waals surface area contributed by atoms with E-state index in [0.717, 1.165) is 37.6 Å². The van der Waals surface area contributed by atoms with E-state index < -0.39 is 23.7 Å². The third kappa shape index (κ3) is 3.54. The van der Waals surface area contributed by atoms with Crippen molar-refractivity contribution in [3.05, 3.63) is 29.8 Å². The van der Waals surface area contributed by atoms with E-state index in [1.807, 2.05) is 13.8 Å². The van der Waals surface area contributed by atoms with Gasteiger partial charge in [0.05, 0.1) is 17.8 Å². The Morgan fingerprint density at radius 2 is 2.00 bits per heavy atom. The lowest BCUT2D eigenvalue weighted by Crippen LogP contribution is -2.70. The molecule has 3 atom stereocenters. The average molecular weight is 405 g/mol. The molecule has 1 saturated carbocycles. The molecule has 4 rings (SSSR count). The molecule has 1 aliphatic carbocycles. The van der Waals surface area contributed by atoms with Crippen molar-refractivity contribution >= 4 is 23.3 Å². The molecular formula is C20H25F2N5O2. The van der Waals surface area contributed by atoms with E-state index >= 15 is 0 Å². The average Bonchev–Trinajstić information content (AvgIpc) is 3.13. The first-order valence-electron chi connectivity index (χ1n) is 10.0. The number of rotatable bonds is 4. The number of hydrazone groups is 1. The summed E-state index contributed by atoms with van der Waals surface area (Å²) < 4.78 is 26.9. The number of piperazine rings is 1. The molecule has 0 aromatic heterocycles. The molecule has 2 heterocycles. The fraction of sp³-hybridized carbons (Fsp3) is 0.550. The minimum atomic E-state index is -0.850. The minimum Gasteiger partial charge on any atom is -0.325 e. The lowest BCUT2D eigenvalue weighted by Gasteiger charge is -2.51. The number of benzene rings is 1. The van der Waals surface area contributed by atoms with E-state index in [4.69, 9.17) is 0 Å². The minimum absolute atomic E-state index is 0.0953. The van der Waals surface area contributed by atoms with Crippen molar-refractivity contribution in [2.24, 2.45) is 11.0 Å². The lowest BCUT2D eigenvalue weighted by molar-refractivity contribution is -0.151. The third-order valence-corrected chi connectivity index (χ3v) is 5.85. The topological polar surface area (TPSA) is 77.0 Å². The molecule has 1 aromatic carbocycles. The van der Waals surface area contributed by atoms with Crippen LogP contribution in [0.15, 0.2) is 23.3 Å². The Balaban J connectivity index is 1.53. The number of halogens is 2. The second-order valence-electron chi connectivity index (χ2n) is 8.12. The van der Waals surface area contributed by atoms with Gasteiger partial charge in [-0.3, -0.25) is 15.0 Å². The quantitative estimate of drug-likeness (QED) is 0.806. The second-order valence-corrected chi connectivity index (χ2v) is 8.12. The standard InChI is InChI=1S/C20H25F2N5O2/c1-11(2)18-24-25-19-20(29)26(15-5-3-4-6-16(15)27(18)19)10-17(28)23-14-8-7-12(21)9-13(14)22/h7-9,11,15-16,19,25H,3-6,10H2,1-2H3,(H,23,28). The summed E-state index contributed by atoms with van der Waals surface area (Å²) in [5.41, 5.74) is 2.83. The smallest absolute Gasteiger partial charge is 0.268 e. The van der Waals surface area contributed by atoms with Gasteiger partial charge < -0.3 is 15.1 Å². The zero-order valence-corrected chi connectivity index (χ0v) is 16.5. The van der Waals surface area contributed by atoms with E-state index in [9.17, 15) is 18.4 Å². The van der Waals surface area contributed by atoms with Crippen molar-refractivity contribution in [3.8, 4) is 0 Å². The molecule has 1 saturated heterocycles. The van der Waals surface area contributed by atoms with Gasteiger partial charge in [-0.25, -0.2) is 8.78 Å². The Morgan fingerprint density at radius 1 is 1.28 bits per heavy atom. The molecule has 1 aromatic rings. The number of carbonyl (C=O) groups is 2. The Morgan fingerprint density at radius 3 is 2.69 bits per heavy atom. The van der Waals surface area contributed by atoms with Gasteiger partial charge in [0.2, 0.25) is 5.91 Å². The van der Waals surface area contributed by atoms with Crippen LogP contribution in [0.2, 0.25) is 0 Å². The largest absolute Gasteiger partial charge is 0.325 e. The molecule has 0 spiro atoms. The van der Waals surface area contributed by atoms with E-state index in [0.29, 0.717) is 6.07 Å². The van der Waals surface area contributed by atoms with Crippen molar-refractivity contribution in [2.45, 2.75) is 57.8 Å². The SMILES string of the molecule is CC(C)C1=NNC2C(=O)N(CC(=O)Nc3ccc(F)cc3F)C3CCCCC3N12. The number of anilines is 1. The molecule has 156 valence electrons. The Bertz CT molecular complexity index is 859. The predicted molar refractivity (Wildman–Crippen MR) is 104 cm³/mol. The van der Waals surface area contributed by atoms with Crippen LogP contribution >= 0.6 is 0 Å². The van der Waals surface area contributed by atoms with Crippen LogP contribution in [0.5, 0.6) is 0 Å². The maximum Gasteiger partial charge on any atom is 0.268 e. The Kier molecular flexibility index (Phi) is 5.14. The summed E-state index contributed by atoms with van der Waals surface area (Å²) in [6.07, 6.45) is 3.17. The van der Waals surface area contributed by atoms with Crippen LogP contribution in [0.4, 0.5) is 14.5 Å². The number of fused-ring (bicyclic) bond motifs is 3. The maximum atomic E-state index is 13.9. The summed E-state index contributed by atoms with van der Waals surface area (Å²) in [7, 11) is 0. The number of hydrogen-bond donors (Lipinski definition) is 2. The molecule has 2 amide bonds. The van der Waals surface area contributed by atoms with Gasteiger partial charge >= 0.3 is 0 Å². The molecule has 2 fully saturated rings. The Labute approximate surface area is 168 Å². The number of amidine groups is 1. The molecular weight excluding hydrogens is 380 g/mol. The highest BCUT2D eigenvalue weighted by Crippen LogP contribution is 2.35. The predicted octanol–water partition coefficient (Wildman–Crippen LogP) is 2.26. The fourth-order valence-electron chi connectivity index (χ4n) is 4.57. The van der Waals surface area contributed by atoms with Crippen LogP contribution in [0.1, 0.15) is 39.5 Å². The van der Waals surface area contributed by atoms with Crippen LogP contribution in [0.3, 0.4) is 0 Å². The molecule has 0 bridgehead atoms. The van der Waals surface area contributed by atoms with E-state index in [1.165, 1.54) is 6.07 Å². The molecule has 7 nitrogen and oxygen atoms in total. The van der Waals surface area contributed by atoms with Gasteiger partial charge in [-0.15, -0.1) is 0 Å². The zero-order chi connectivity index (χ0) is 20.7. The van der Waals surface area contributed by atoms with Gasteiger partial charge in [-0.05, 0) is 25.0 Å². The zero-order valence-electron chi connectivity index (χ0n) is 16.5. The van der Waals surface area contributed by atoms with Gasteiger partial charge in [0.25, 0.3) is 5.91 Å². The first-order chi connectivity index (χ1) is 13.9. The molecule has 2 N–H and O–H groups in total. The van der Waals surface area contributed by atoms with Gasteiger partial charge in [-0.2, -0.15) is 5.10 Å². The monoisotopic (exact) mass is 405 g/mol. The van der Waals surface area contributed by atoms with Crippen LogP contribution in [-0.2, 0) is 9.59 Å². The normalized spacial score (nSPS) is 26.0. The summed E-state index contributed by atoms with van der Waals surface area (Å²) in [4.78, 5) is 29.4. The summed E-state index contributed by atoms with van der Waals surface area (Å²) in [5, 5.41) is 6.83. The van der Waals surface area contributed by atoms with Crippen molar-refractivity contribution in [1.29, 1.82) is 0 Å². The van der Waals surface area contributed by atoms with Crippen LogP contribution < -0.4 is 10.7 Å². The number of nitrogens with one attached hydrogen (secondary N) is 2. The Hall–Kier alpha value is -2.71. The molecule has 9 heteroatoms. The highest BCUT2D eigenvalue weighted by Gasteiger charge is 2.51. The first-order valence-corrected chi connectivity index (χ1v) is 10.0. The highest BCUT2D eigenvalue weighted by molar-refractivity contribution is 5.98. The van der Waals surface area contributed by atoms with Crippen molar-refractivity contribution in [3.63, 3.8) is 0 Å². The second kappa shape index (κ2) is 7.61. The lowest BCUT2D eigenvalue weighted by atomic mass is 9.85. The number of amides is 2. The summed E-state index contributed by atoms with van der Waals surface area (Å²) in [6, 6.07) is 2.96. The van der Waals surface area contributed by atoms with E-state index in [1.54, 1.807) is 4.90 Å². The first kappa shape index (κ1) is 19.6. The molecule has 29 heavy (non-hydrogen) atoms. The fourth-order valence-corrected chi connectivity index (χ4v) is 4.57. The van der Waals surface area contributed by atoms with E-state index in [2.05, 4.69) is 20.7 Å². The molecule has 3 aliphatic rings.